The summed E-state index contributed by atoms with van der Waals surface area (Å²) in [5.74, 6) is 0.770. The van der Waals surface area contributed by atoms with E-state index in [2.05, 4.69) is 57.4 Å². The first kappa shape index (κ1) is 14.1. The number of benzene rings is 2. The minimum atomic E-state index is 0.770. The first-order valence-electron chi connectivity index (χ1n) is 7.95. The Hall–Kier alpha value is -2.53. The highest BCUT2D eigenvalue weighted by Gasteiger charge is 2.15. The van der Waals surface area contributed by atoms with E-state index in [1.54, 1.807) is 0 Å². The van der Waals surface area contributed by atoms with Crippen molar-refractivity contribution >= 4 is 28.4 Å². The molecule has 3 aromatic rings. The van der Waals surface area contributed by atoms with Gasteiger partial charge in [0.2, 0.25) is 5.95 Å². The monoisotopic (exact) mass is 308 g/mol. The number of aryl methyl sites for hydroxylation is 1. The third-order valence-electron chi connectivity index (χ3n) is 4.15. The molecule has 4 rings (SSSR count). The van der Waals surface area contributed by atoms with Crippen LogP contribution in [0.4, 0.5) is 17.3 Å². The van der Waals surface area contributed by atoms with Crippen molar-refractivity contribution < 1.29 is 4.74 Å². The van der Waals surface area contributed by atoms with Gasteiger partial charge in [-0.2, -0.15) is 0 Å². The average molecular weight is 308 g/mol. The van der Waals surface area contributed by atoms with Crippen LogP contribution in [0.1, 0.15) is 5.56 Å². The Morgan fingerprint density at radius 2 is 1.96 bits per heavy atom. The summed E-state index contributed by atoms with van der Waals surface area (Å²) in [4.78, 5) is 10.3. The number of hydrogen-bond acceptors (Lipinski definition) is 4. The molecular weight excluding hydrogens is 288 g/mol. The number of para-hydroxylation sites is 2. The maximum Gasteiger partial charge on any atom is 0.205 e. The summed E-state index contributed by atoms with van der Waals surface area (Å²) in [6, 6.07) is 14.6. The van der Waals surface area contributed by atoms with Gasteiger partial charge in [-0.15, -0.1) is 0 Å². The normalized spacial score (nSPS) is 15.1. The molecule has 0 unspecified atom stereocenters. The van der Waals surface area contributed by atoms with E-state index in [0.717, 1.165) is 49.0 Å². The van der Waals surface area contributed by atoms with Gasteiger partial charge in [-0.05, 0) is 36.8 Å². The predicted octanol–water partition coefficient (Wildman–Crippen LogP) is 3.45. The van der Waals surface area contributed by atoms with Gasteiger partial charge in [-0.3, -0.25) is 0 Å². The second-order valence-electron chi connectivity index (χ2n) is 5.85. The number of aromatic nitrogens is 2. The molecule has 5 heteroatoms. The van der Waals surface area contributed by atoms with E-state index < -0.39 is 0 Å². The maximum atomic E-state index is 5.45. The summed E-state index contributed by atoms with van der Waals surface area (Å²) in [6.07, 6.45) is 0. The zero-order chi connectivity index (χ0) is 15.6. The van der Waals surface area contributed by atoms with Crippen LogP contribution in [0.3, 0.4) is 0 Å². The number of anilines is 3. The number of hydrogen-bond donors (Lipinski definition) is 2. The van der Waals surface area contributed by atoms with Crippen LogP contribution in [0.5, 0.6) is 0 Å². The van der Waals surface area contributed by atoms with Crippen molar-refractivity contribution in [3.63, 3.8) is 0 Å². The standard InChI is InChI=1S/C18H20N4O/c1-13-6-7-14-16(12-13)21-18(19-14)20-15-4-2-3-5-17(15)22-8-10-23-11-9-22/h2-7,12H,8-11H2,1H3,(H2,19,20,21). The first-order valence-corrected chi connectivity index (χ1v) is 7.95. The highest BCUT2D eigenvalue weighted by Crippen LogP contribution is 2.29. The first-order chi connectivity index (χ1) is 11.3. The lowest BCUT2D eigenvalue weighted by Gasteiger charge is -2.30. The summed E-state index contributed by atoms with van der Waals surface area (Å²) < 4.78 is 5.45. The Balaban J connectivity index is 1.64. The molecule has 0 amide bonds. The molecule has 0 spiro atoms. The van der Waals surface area contributed by atoms with Crippen molar-refractivity contribution in [2.45, 2.75) is 6.92 Å². The Kier molecular flexibility index (Phi) is 3.63. The molecule has 2 aromatic carbocycles. The van der Waals surface area contributed by atoms with Gasteiger partial charge in [0.15, 0.2) is 0 Å². The molecule has 23 heavy (non-hydrogen) atoms. The quantitative estimate of drug-likeness (QED) is 0.778. The molecule has 5 nitrogen and oxygen atoms in total. The number of morpholine rings is 1. The van der Waals surface area contributed by atoms with Crippen LogP contribution in [-0.4, -0.2) is 36.3 Å². The second kappa shape index (κ2) is 5.93. The fourth-order valence-electron chi connectivity index (χ4n) is 2.97. The summed E-state index contributed by atoms with van der Waals surface area (Å²) in [5.41, 5.74) is 5.50. The van der Waals surface area contributed by atoms with Crippen LogP contribution in [0.2, 0.25) is 0 Å². The van der Waals surface area contributed by atoms with E-state index in [-0.39, 0.29) is 0 Å². The number of fused-ring (bicyclic) bond motifs is 1. The van der Waals surface area contributed by atoms with E-state index >= 15 is 0 Å². The Labute approximate surface area is 135 Å². The Morgan fingerprint density at radius 3 is 2.83 bits per heavy atom. The summed E-state index contributed by atoms with van der Waals surface area (Å²) >= 11 is 0. The molecule has 118 valence electrons. The average Bonchev–Trinajstić information content (AvgIpc) is 2.97. The number of nitrogens with zero attached hydrogens (tertiary/aromatic N) is 2. The molecular formula is C18H20N4O. The molecule has 0 bridgehead atoms. The topological polar surface area (TPSA) is 53.2 Å². The van der Waals surface area contributed by atoms with Crippen LogP contribution in [0.15, 0.2) is 42.5 Å². The Bertz CT molecular complexity index is 821. The lowest BCUT2D eigenvalue weighted by molar-refractivity contribution is 0.123. The number of H-pyrrole nitrogens is 1. The molecule has 0 radical (unpaired) electrons. The van der Waals surface area contributed by atoms with E-state index in [9.17, 15) is 0 Å². The van der Waals surface area contributed by atoms with Gasteiger partial charge < -0.3 is 19.9 Å². The number of nitrogens with one attached hydrogen (secondary N) is 2. The maximum absolute atomic E-state index is 5.45. The predicted molar refractivity (Wildman–Crippen MR) is 93.6 cm³/mol. The molecule has 1 fully saturated rings. The van der Waals surface area contributed by atoms with Gasteiger partial charge >= 0.3 is 0 Å². The molecule has 1 aliphatic heterocycles. The van der Waals surface area contributed by atoms with Crippen LogP contribution in [0.25, 0.3) is 11.0 Å². The summed E-state index contributed by atoms with van der Waals surface area (Å²) in [7, 11) is 0. The van der Waals surface area contributed by atoms with E-state index in [0.29, 0.717) is 0 Å². The lowest BCUT2D eigenvalue weighted by Crippen LogP contribution is -2.36. The molecule has 1 aromatic heterocycles. The summed E-state index contributed by atoms with van der Waals surface area (Å²) in [6.45, 7) is 5.47. The molecule has 0 aliphatic carbocycles. The minimum Gasteiger partial charge on any atom is -0.378 e. The minimum absolute atomic E-state index is 0.770. The lowest BCUT2D eigenvalue weighted by atomic mass is 10.2. The van der Waals surface area contributed by atoms with Crippen LogP contribution >= 0.6 is 0 Å². The molecule has 2 N–H and O–H groups in total. The zero-order valence-corrected chi connectivity index (χ0v) is 13.2. The van der Waals surface area contributed by atoms with Gasteiger partial charge in [0.05, 0.1) is 35.6 Å². The Morgan fingerprint density at radius 1 is 1.13 bits per heavy atom. The van der Waals surface area contributed by atoms with Crippen molar-refractivity contribution in [1.82, 2.24) is 9.97 Å². The molecule has 2 heterocycles. The van der Waals surface area contributed by atoms with E-state index in [1.165, 1.54) is 11.3 Å². The van der Waals surface area contributed by atoms with Crippen LogP contribution in [0, 0.1) is 6.92 Å². The molecule has 0 atom stereocenters. The van der Waals surface area contributed by atoms with Crippen molar-refractivity contribution in [3.05, 3.63) is 48.0 Å². The fraction of sp³-hybridized carbons (Fsp3) is 0.278. The van der Waals surface area contributed by atoms with Gasteiger partial charge in [-0.1, -0.05) is 18.2 Å². The van der Waals surface area contributed by atoms with Gasteiger partial charge in [0.25, 0.3) is 0 Å². The number of imidazole rings is 1. The van der Waals surface area contributed by atoms with Gasteiger partial charge in [-0.25, -0.2) is 4.98 Å². The highest BCUT2D eigenvalue weighted by atomic mass is 16.5. The van der Waals surface area contributed by atoms with Crippen molar-refractivity contribution in [1.29, 1.82) is 0 Å². The van der Waals surface area contributed by atoms with Crippen LogP contribution in [-0.2, 0) is 4.74 Å². The smallest absolute Gasteiger partial charge is 0.205 e. The largest absolute Gasteiger partial charge is 0.378 e. The number of rotatable bonds is 3. The second-order valence-corrected chi connectivity index (χ2v) is 5.85. The van der Waals surface area contributed by atoms with Crippen LogP contribution < -0.4 is 10.2 Å². The number of ether oxygens (including phenoxy) is 1. The van der Waals surface area contributed by atoms with Crippen molar-refractivity contribution in [2.24, 2.45) is 0 Å². The fourth-order valence-corrected chi connectivity index (χ4v) is 2.97. The summed E-state index contributed by atoms with van der Waals surface area (Å²) in [5, 5.41) is 3.43. The molecule has 0 saturated carbocycles. The zero-order valence-electron chi connectivity index (χ0n) is 13.2. The SMILES string of the molecule is Cc1ccc2nc(Nc3ccccc3N3CCOCC3)[nH]c2c1. The van der Waals surface area contributed by atoms with E-state index in [1.807, 2.05) is 12.1 Å². The highest BCUT2D eigenvalue weighted by molar-refractivity contribution is 5.81. The molecule has 1 aliphatic rings. The third-order valence-corrected chi connectivity index (χ3v) is 4.15. The molecule has 1 saturated heterocycles. The number of aromatic amines is 1. The third kappa shape index (κ3) is 2.87. The van der Waals surface area contributed by atoms with Gasteiger partial charge in [0.1, 0.15) is 0 Å². The van der Waals surface area contributed by atoms with E-state index in [4.69, 9.17) is 4.74 Å². The van der Waals surface area contributed by atoms with Crippen molar-refractivity contribution in [2.75, 3.05) is 36.5 Å². The van der Waals surface area contributed by atoms with Crippen molar-refractivity contribution in [3.8, 4) is 0 Å². The van der Waals surface area contributed by atoms with Gasteiger partial charge in [0, 0.05) is 13.1 Å².